The molecule has 0 spiro atoms. The highest BCUT2D eigenvalue weighted by Gasteiger charge is 2.04. The van der Waals surface area contributed by atoms with Crippen molar-refractivity contribution in [2.75, 3.05) is 0 Å². The van der Waals surface area contributed by atoms with E-state index >= 15 is 0 Å². The summed E-state index contributed by atoms with van der Waals surface area (Å²) in [5.74, 6) is 0. The summed E-state index contributed by atoms with van der Waals surface area (Å²) in [4.78, 5) is 15.0. The van der Waals surface area contributed by atoms with E-state index in [2.05, 4.69) is 36.2 Å². The van der Waals surface area contributed by atoms with Crippen molar-refractivity contribution in [3.63, 3.8) is 0 Å². The Morgan fingerprint density at radius 1 is 1.35 bits per heavy atom. The van der Waals surface area contributed by atoms with E-state index in [1.54, 1.807) is 0 Å². The molecule has 0 fully saturated rings. The van der Waals surface area contributed by atoms with Crippen LogP contribution in [0.5, 0.6) is 0 Å². The predicted octanol–water partition coefficient (Wildman–Crippen LogP) is 3.11. The van der Waals surface area contributed by atoms with E-state index in [-0.39, 0.29) is 0 Å². The van der Waals surface area contributed by atoms with Gasteiger partial charge in [0.05, 0.1) is 5.69 Å². The number of rotatable bonds is 3. The molecule has 0 aliphatic heterocycles. The highest BCUT2D eigenvalue weighted by Crippen LogP contribution is 2.20. The SMILES string of the molecule is CC1=CC=C(c2cccc(CC=O)n2)CC=C1. The third-order valence-corrected chi connectivity index (χ3v) is 2.69. The molecule has 0 atom stereocenters. The van der Waals surface area contributed by atoms with Gasteiger partial charge in [-0.05, 0) is 31.1 Å². The molecular weight excluding hydrogens is 210 g/mol. The van der Waals surface area contributed by atoms with Crippen LogP contribution in [0.3, 0.4) is 0 Å². The van der Waals surface area contributed by atoms with Crippen molar-refractivity contribution in [3.8, 4) is 0 Å². The van der Waals surface area contributed by atoms with Gasteiger partial charge in [-0.3, -0.25) is 4.98 Å². The number of carbonyl (C=O) groups is 1. The lowest BCUT2D eigenvalue weighted by Crippen LogP contribution is -1.95. The van der Waals surface area contributed by atoms with E-state index in [0.29, 0.717) is 6.42 Å². The topological polar surface area (TPSA) is 30.0 Å². The number of allylic oxidation sites excluding steroid dienone is 6. The van der Waals surface area contributed by atoms with Crippen LogP contribution in [0, 0.1) is 0 Å². The first-order chi connectivity index (χ1) is 8.29. The summed E-state index contributed by atoms with van der Waals surface area (Å²) in [5, 5.41) is 0. The molecule has 0 bridgehead atoms. The molecule has 2 nitrogen and oxygen atoms in total. The molecule has 1 heterocycles. The Hall–Kier alpha value is -1.96. The smallest absolute Gasteiger partial charge is 0.125 e. The monoisotopic (exact) mass is 225 g/mol. The minimum Gasteiger partial charge on any atom is -0.303 e. The summed E-state index contributed by atoms with van der Waals surface area (Å²) in [6.45, 7) is 2.08. The second-order valence-electron chi connectivity index (χ2n) is 4.09. The van der Waals surface area contributed by atoms with E-state index in [4.69, 9.17) is 0 Å². The highest BCUT2D eigenvalue weighted by atomic mass is 16.1. The maximum Gasteiger partial charge on any atom is 0.125 e. The number of nitrogens with zero attached hydrogens (tertiary/aromatic N) is 1. The lowest BCUT2D eigenvalue weighted by molar-refractivity contribution is -0.107. The molecule has 0 saturated heterocycles. The molecule has 0 aromatic carbocycles. The Kier molecular flexibility index (Phi) is 3.66. The molecule has 86 valence electrons. The fraction of sp³-hybridized carbons (Fsp3) is 0.200. The van der Waals surface area contributed by atoms with Crippen LogP contribution in [0.2, 0.25) is 0 Å². The third kappa shape index (κ3) is 3.00. The maximum atomic E-state index is 10.5. The number of aromatic nitrogens is 1. The van der Waals surface area contributed by atoms with E-state index in [1.165, 1.54) is 11.1 Å². The average Bonchev–Trinajstić information content (AvgIpc) is 2.55. The lowest BCUT2D eigenvalue weighted by atomic mass is 10.1. The molecule has 17 heavy (non-hydrogen) atoms. The summed E-state index contributed by atoms with van der Waals surface area (Å²) in [5.41, 5.74) is 4.21. The molecule has 0 saturated carbocycles. The second-order valence-corrected chi connectivity index (χ2v) is 4.09. The maximum absolute atomic E-state index is 10.5. The molecule has 1 aliphatic carbocycles. The number of pyridine rings is 1. The summed E-state index contributed by atoms with van der Waals surface area (Å²) in [7, 11) is 0. The Labute approximate surface area is 101 Å². The van der Waals surface area contributed by atoms with Crippen LogP contribution in [0.4, 0.5) is 0 Å². The second kappa shape index (κ2) is 5.39. The van der Waals surface area contributed by atoms with Crippen molar-refractivity contribution >= 4 is 11.9 Å². The van der Waals surface area contributed by atoms with Crippen molar-refractivity contribution in [3.05, 3.63) is 59.5 Å². The van der Waals surface area contributed by atoms with Gasteiger partial charge in [-0.25, -0.2) is 0 Å². The molecule has 0 N–H and O–H groups in total. The molecule has 2 rings (SSSR count). The third-order valence-electron chi connectivity index (χ3n) is 2.69. The number of hydrogen-bond donors (Lipinski definition) is 0. The molecule has 0 radical (unpaired) electrons. The van der Waals surface area contributed by atoms with Gasteiger partial charge in [0.2, 0.25) is 0 Å². The van der Waals surface area contributed by atoms with E-state index in [9.17, 15) is 4.79 Å². The zero-order valence-electron chi connectivity index (χ0n) is 9.89. The van der Waals surface area contributed by atoms with Crippen molar-refractivity contribution < 1.29 is 4.79 Å². The molecule has 1 aliphatic rings. The number of carbonyl (C=O) groups excluding carboxylic acids is 1. The van der Waals surface area contributed by atoms with Gasteiger partial charge in [-0.2, -0.15) is 0 Å². The zero-order chi connectivity index (χ0) is 12.1. The number of aldehydes is 1. The van der Waals surface area contributed by atoms with Crippen molar-refractivity contribution in [1.29, 1.82) is 0 Å². The van der Waals surface area contributed by atoms with E-state index < -0.39 is 0 Å². The molecule has 0 unspecified atom stereocenters. The summed E-state index contributed by atoms with van der Waals surface area (Å²) in [6, 6.07) is 5.82. The Balaban J connectivity index is 2.31. The molecular formula is C15H15NO. The first-order valence-corrected chi connectivity index (χ1v) is 5.73. The average molecular weight is 225 g/mol. The van der Waals surface area contributed by atoms with E-state index in [0.717, 1.165) is 24.1 Å². The van der Waals surface area contributed by atoms with Gasteiger partial charge in [0.15, 0.2) is 0 Å². The van der Waals surface area contributed by atoms with Crippen LogP contribution < -0.4 is 0 Å². The Morgan fingerprint density at radius 2 is 2.24 bits per heavy atom. The molecule has 2 heteroatoms. The van der Waals surface area contributed by atoms with Gasteiger partial charge in [-0.15, -0.1) is 0 Å². The minimum absolute atomic E-state index is 0.381. The summed E-state index contributed by atoms with van der Waals surface area (Å²) < 4.78 is 0. The largest absolute Gasteiger partial charge is 0.303 e. The fourth-order valence-corrected chi connectivity index (χ4v) is 1.77. The zero-order valence-corrected chi connectivity index (χ0v) is 9.89. The summed E-state index contributed by atoms with van der Waals surface area (Å²) in [6.07, 6.45) is 10.6. The Morgan fingerprint density at radius 3 is 3.06 bits per heavy atom. The first-order valence-electron chi connectivity index (χ1n) is 5.73. The molecule has 1 aromatic heterocycles. The van der Waals surface area contributed by atoms with Crippen LogP contribution in [-0.4, -0.2) is 11.3 Å². The van der Waals surface area contributed by atoms with Gasteiger partial charge in [0, 0.05) is 12.1 Å². The van der Waals surface area contributed by atoms with Crippen LogP contribution >= 0.6 is 0 Å². The van der Waals surface area contributed by atoms with Crippen LogP contribution in [0.1, 0.15) is 24.7 Å². The predicted molar refractivity (Wildman–Crippen MR) is 69.5 cm³/mol. The minimum atomic E-state index is 0.381. The first kappa shape index (κ1) is 11.5. The summed E-state index contributed by atoms with van der Waals surface area (Å²) >= 11 is 0. The van der Waals surface area contributed by atoms with Crippen molar-refractivity contribution in [1.82, 2.24) is 4.98 Å². The van der Waals surface area contributed by atoms with Gasteiger partial charge in [0.25, 0.3) is 0 Å². The van der Waals surface area contributed by atoms with Gasteiger partial charge < -0.3 is 4.79 Å². The van der Waals surface area contributed by atoms with E-state index in [1.807, 2.05) is 18.2 Å². The van der Waals surface area contributed by atoms with Crippen molar-refractivity contribution in [2.45, 2.75) is 19.8 Å². The standard InChI is InChI=1S/C15H15NO/c1-12-4-2-5-13(9-8-12)15-7-3-6-14(16-15)10-11-17/h2-4,6-9,11H,5,10H2,1H3. The molecule has 0 amide bonds. The fourth-order valence-electron chi connectivity index (χ4n) is 1.77. The normalized spacial score (nSPS) is 14.9. The van der Waals surface area contributed by atoms with Crippen LogP contribution in [0.15, 0.2) is 48.1 Å². The van der Waals surface area contributed by atoms with Gasteiger partial charge in [-0.1, -0.05) is 35.9 Å². The van der Waals surface area contributed by atoms with Crippen LogP contribution in [-0.2, 0) is 11.2 Å². The molecule has 1 aromatic rings. The Bertz CT molecular complexity index is 509. The quantitative estimate of drug-likeness (QED) is 0.740. The van der Waals surface area contributed by atoms with Gasteiger partial charge in [0.1, 0.15) is 6.29 Å². The van der Waals surface area contributed by atoms with Crippen molar-refractivity contribution in [2.24, 2.45) is 0 Å². The highest BCUT2D eigenvalue weighted by molar-refractivity contribution is 5.67. The lowest BCUT2D eigenvalue weighted by Gasteiger charge is -2.04. The van der Waals surface area contributed by atoms with Gasteiger partial charge >= 0.3 is 0 Å². The number of hydrogen-bond acceptors (Lipinski definition) is 2. The van der Waals surface area contributed by atoms with Crippen LogP contribution in [0.25, 0.3) is 5.57 Å².